The fraction of sp³-hybridized carbons (Fsp3) is 0.600. The van der Waals surface area contributed by atoms with E-state index in [0.717, 1.165) is 0 Å². The van der Waals surface area contributed by atoms with Crippen molar-refractivity contribution >= 4 is 38.4 Å². The molecular weight excluding hydrogens is 320 g/mol. The van der Waals surface area contributed by atoms with Gasteiger partial charge in [0, 0.05) is 6.92 Å². The number of nitrogens with zero attached hydrogens (tertiary/aromatic N) is 2. The predicted octanol–water partition coefficient (Wildman–Crippen LogP) is -0.0276. The van der Waals surface area contributed by atoms with Crippen LogP contribution in [-0.4, -0.2) is 43.6 Å². The van der Waals surface area contributed by atoms with Crippen LogP contribution in [-0.2, 0) is 24.3 Å². The van der Waals surface area contributed by atoms with Gasteiger partial charge in [-0.2, -0.15) is 4.72 Å². The van der Waals surface area contributed by atoms with Crippen molar-refractivity contribution in [1.82, 2.24) is 14.9 Å². The van der Waals surface area contributed by atoms with Gasteiger partial charge in [-0.05, 0) is 5.92 Å². The molecule has 0 fully saturated rings. The predicted molar refractivity (Wildman–Crippen MR) is 75.2 cm³/mol. The van der Waals surface area contributed by atoms with Crippen LogP contribution in [0.25, 0.3) is 0 Å². The number of sulfonamides is 1. The first-order valence-corrected chi connectivity index (χ1v) is 8.18. The summed E-state index contributed by atoms with van der Waals surface area (Å²) < 4.78 is 30.7. The van der Waals surface area contributed by atoms with E-state index in [1.54, 1.807) is 13.8 Å². The average Bonchev–Trinajstić information content (AvgIpc) is 2.83. The van der Waals surface area contributed by atoms with Crippen molar-refractivity contribution in [2.24, 2.45) is 5.92 Å². The molecule has 0 aliphatic heterocycles. The number of nitrogens with one attached hydrogen (secondary N) is 2. The van der Waals surface area contributed by atoms with E-state index in [4.69, 9.17) is 0 Å². The maximum Gasteiger partial charge on any atom is 0.324 e. The summed E-state index contributed by atoms with van der Waals surface area (Å²) in [5.41, 5.74) is 0. The lowest BCUT2D eigenvalue weighted by molar-refractivity contribution is -0.143. The van der Waals surface area contributed by atoms with Gasteiger partial charge >= 0.3 is 5.97 Å². The number of aromatic nitrogens is 2. The van der Waals surface area contributed by atoms with Crippen LogP contribution in [0.15, 0.2) is 4.34 Å². The van der Waals surface area contributed by atoms with Gasteiger partial charge in [-0.25, -0.2) is 8.42 Å². The van der Waals surface area contributed by atoms with E-state index in [-0.39, 0.29) is 15.4 Å². The second kappa shape index (κ2) is 6.91. The van der Waals surface area contributed by atoms with E-state index < -0.39 is 27.9 Å². The Hall–Kier alpha value is -1.59. The molecule has 1 aromatic rings. The molecule has 0 saturated heterocycles. The van der Waals surface area contributed by atoms with Crippen molar-refractivity contribution in [3.05, 3.63) is 0 Å². The van der Waals surface area contributed by atoms with Gasteiger partial charge in [0.1, 0.15) is 6.04 Å². The van der Waals surface area contributed by atoms with Gasteiger partial charge in [0.25, 0.3) is 10.0 Å². The highest BCUT2D eigenvalue weighted by atomic mass is 32.2. The second-order valence-corrected chi connectivity index (χ2v) is 7.29. The van der Waals surface area contributed by atoms with Crippen molar-refractivity contribution in [2.45, 2.75) is 31.2 Å². The number of carbonyl (C=O) groups is 2. The third kappa shape index (κ3) is 4.72. The summed E-state index contributed by atoms with van der Waals surface area (Å²) in [4.78, 5) is 22.4. The van der Waals surface area contributed by atoms with Gasteiger partial charge in [0.2, 0.25) is 15.4 Å². The fourth-order valence-corrected chi connectivity index (χ4v) is 3.62. The summed E-state index contributed by atoms with van der Waals surface area (Å²) in [7, 11) is -2.86. The molecule has 0 radical (unpaired) electrons. The molecular formula is C10H16N4O5S2. The standard InChI is InChI=1S/C10H16N4O5S2/c1-5(2)7(8(16)19-4)14-21(17,18)10-13-12-9(20-10)11-6(3)15/h5,7,14H,1-4H3,(H,11,12,15). The Balaban J connectivity index is 2.97. The van der Waals surface area contributed by atoms with Crippen LogP contribution in [0.4, 0.5) is 5.13 Å². The molecule has 1 aromatic heterocycles. The number of anilines is 1. The Morgan fingerprint density at radius 1 is 1.29 bits per heavy atom. The summed E-state index contributed by atoms with van der Waals surface area (Å²) in [6.45, 7) is 4.61. The number of rotatable bonds is 6. The van der Waals surface area contributed by atoms with Crippen molar-refractivity contribution in [1.29, 1.82) is 0 Å². The Kier molecular flexibility index (Phi) is 5.75. The molecule has 1 heterocycles. The van der Waals surface area contributed by atoms with Gasteiger partial charge in [-0.3, -0.25) is 9.59 Å². The van der Waals surface area contributed by atoms with Crippen LogP contribution in [0.3, 0.4) is 0 Å². The van der Waals surface area contributed by atoms with Crippen molar-refractivity contribution in [2.75, 3.05) is 12.4 Å². The number of hydrogen-bond acceptors (Lipinski definition) is 8. The molecule has 9 nitrogen and oxygen atoms in total. The first-order chi connectivity index (χ1) is 9.67. The molecule has 0 bridgehead atoms. The highest BCUT2D eigenvalue weighted by molar-refractivity contribution is 7.91. The smallest absolute Gasteiger partial charge is 0.324 e. The number of methoxy groups -OCH3 is 1. The lowest BCUT2D eigenvalue weighted by Crippen LogP contribution is -2.44. The lowest BCUT2D eigenvalue weighted by atomic mass is 10.1. The molecule has 1 atom stereocenters. The minimum Gasteiger partial charge on any atom is -0.468 e. The van der Waals surface area contributed by atoms with Crippen molar-refractivity contribution in [3.63, 3.8) is 0 Å². The molecule has 11 heteroatoms. The van der Waals surface area contributed by atoms with Crippen LogP contribution >= 0.6 is 11.3 Å². The molecule has 0 aliphatic carbocycles. The number of amides is 1. The van der Waals surface area contributed by atoms with Gasteiger partial charge in [0.15, 0.2) is 0 Å². The van der Waals surface area contributed by atoms with Gasteiger partial charge < -0.3 is 10.1 Å². The largest absolute Gasteiger partial charge is 0.468 e. The topological polar surface area (TPSA) is 127 Å². The number of ether oxygens (including phenoxy) is 1. The normalized spacial score (nSPS) is 13.0. The Morgan fingerprint density at radius 3 is 2.38 bits per heavy atom. The van der Waals surface area contributed by atoms with E-state index >= 15 is 0 Å². The highest BCUT2D eigenvalue weighted by Crippen LogP contribution is 2.20. The minimum atomic E-state index is -4.03. The quantitative estimate of drug-likeness (QED) is 0.551. The van der Waals surface area contributed by atoms with Crippen molar-refractivity contribution < 1.29 is 22.7 Å². The number of hydrogen-bond donors (Lipinski definition) is 2. The fourth-order valence-electron chi connectivity index (χ4n) is 1.32. The van der Waals surface area contributed by atoms with Crippen LogP contribution in [0.2, 0.25) is 0 Å². The molecule has 0 aliphatic rings. The van der Waals surface area contributed by atoms with Crippen molar-refractivity contribution in [3.8, 4) is 0 Å². The third-order valence-electron chi connectivity index (χ3n) is 2.32. The number of esters is 1. The van der Waals surface area contributed by atoms with E-state index in [0.29, 0.717) is 11.3 Å². The molecule has 0 spiro atoms. The van der Waals surface area contributed by atoms with Gasteiger partial charge in [-0.15, -0.1) is 10.2 Å². The summed E-state index contributed by atoms with van der Waals surface area (Å²) in [5.74, 6) is -1.40. The zero-order valence-corrected chi connectivity index (χ0v) is 13.5. The molecule has 0 aromatic carbocycles. The second-order valence-electron chi connectivity index (χ2n) is 4.42. The summed E-state index contributed by atoms with van der Waals surface area (Å²) >= 11 is 0.684. The van der Waals surface area contributed by atoms with E-state index in [1.807, 2.05) is 0 Å². The lowest BCUT2D eigenvalue weighted by Gasteiger charge is -2.18. The summed E-state index contributed by atoms with van der Waals surface area (Å²) in [6.07, 6.45) is 0. The average molecular weight is 336 g/mol. The Bertz CT molecular complexity index is 625. The highest BCUT2D eigenvalue weighted by Gasteiger charge is 2.31. The summed E-state index contributed by atoms with van der Waals surface area (Å²) in [6, 6.07) is -1.03. The molecule has 2 N–H and O–H groups in total. The monoisotopic (exact) mass is 336 g/mol. The SMILES string of the molecule is COC(=O)C(NS(=O)(=O)c1nnc(NC(C)=O)s1)C(C)C. The van der Waals surface area contributed by atoms with Gasteiger partial charge in [0.05, 0.1) is 7.11 Å². The molecule has 118 valence electrons. The Labute approximate surface area is 126 Å². The minimum absolute atomic E-state index is 0.0574. The third-order valence-corrected chi connectivity index (χ3v) is 4.97. The van der Waals surface area contributed by atoms with Crippen LogP contribution < -0.4 is 10.0 Å². The van der Waals surface area contributed by atoms with Crippen LogP contribution in [0.1, 0.15) is 20.8 Å². The molecule has 1 unspecified atom stereocenters. The zero-order chi connectivity index (χ0) is 16.2. The van der Waals surface area contributed by atoms with Crippen LogP contribution in [0.5, 0.6) is 0 Å². The zero-order valence-electron chi connectivity index (χ0n) is 11.9. The Morgan fingerprint density at radius 2 is 1.90 bits per heavy atom. The summed E-state index contributed by atoms with van der Waals surface area (Å²) in [5, 5.41) is 9.42. The van der Waals surface area contributed by atoms with E-state index in [1.165, 1.54) is 14.0 Å². The first kappa shape index (κ1) is 17.5. The number of carbonyl (C=O) groups excluding carboxylic acids is 2. The van der Waals surface area contributed by atoms with Crippen LogP contribution in [0, 0.1) is 5.92 Å². The van der Waals surface area contributed by atoms with E-state index in [2.05, 4.69) is 25.0 Å². The maximum absolute atomic E-state index is 12.1. The van der Waals surface area contributed by atoms with Gasteiger partial charge in [-0.1, -0.05) is 25.2 Å². The molecule has 0 saturated carbocycles. The molecule has 21 heavy (non-hydrogen) atoms. The molecule has 1 rings (SSSR count). The maximum atomic E-state index is 12.1. The first-order valence-electron chi connectivity index (χ1n) is 5.88. The molecule has 1 amide bonds. The van der Waals surface area contributed by atoms with E-state index in [9.17, 15) is 18.0 Å².